The Labute approximate surface area is 97.5 Å². The van der Waals surface area contributed by atoms with E-state index in [1.807, 2.05) is 45.2 Å². The molecule has 1 aromatic carbocycles. The van der Waals surface area contributed by atoms with Gasteiger partial charge in [0.2, 0.25) is 0 Å². The van der Waals surface area contributed by atoms with E-state index in [0.717, 1.165) is 17.8 Å². The van der Waals surface area contributed by atoms with E-state index in [2.05, 4.69) is 11.0 Å². The first-order chi connectivity index (χ1) is 7.54. The number of benzene rings is 1. The van der Waals surface area contributed by atoms with E-state index in [4.69, 9.17) is 11.0 Å². The van der Waals surface area contributed by atoms with Gasteiger partial charge in [0.15, 0.2) is 0 Å². The SMILES string of the molecule is CC(C#N)CN(C)c1ccc(C(C)N)cc1. The number of nitrogens with two attached hydrogens (primary N) is 1. The molecule has 0 saturated heterocycles. The van der Waals surface area contributed by atoms with Gasteiger partial charge in [0.25, 0.3) is 0 Å². The maximum absolute atomic E-state index is 8.75. The number of rotatable bonds is 4. The maximum Gasteiger partial charge on any atom is 0.0671 e. The average Bonchev–Trinajstić information content (AvgIpc) is 2.28. The Morgan fingerprint density at radius 3 is 2.31 bits per heavy atom. The monoisotopic (exact) mass is 217 g/mol. The predicted octanol–water partition coefficient (Wildman–Crippen LogP) is 2.30. The molecule has 16 heavy (non-hydrogen) atoms. The van der Waals surface area contributed by atoms with Gasteiger partial charge in [-0.05, 0) is 31.5 Å². The number of anilines is 1. The Morgan fingerprint density at radius 2 is 1.88 bits per heavy atom. The van der Waals surface area contributed by atoms with Crippen molar-refractivity contribution < 1.29 is 0 Å². The smallest absolute Gasteiger partial charge is 0.0671 e. The third-order valence-corrected chi connectivity index (χ3v) is 2.63. The van der Waals surface area contributed by atoms with Crippen LogP contribution in [0.2, 0.25) is 0 Å². The van der Waals surface area contributed by atoms with Gasteiger partial charge in [-0.15, -0.1) is 0 Å². The van der Waals surface area contributed by atoms with Crippen LogP contribution in [0, 0.1) is 17.2 Å². The van der Waals surface area contributed by atoms with Crippen LogP contribution in [0.1, 0.15) is 25.5 Å². The lowest BCUT2D eigenvalue weighted by Gasteiger charge is -2.21. The number of hydrogen-bond donors (Lipinski definition) is 1. The minimum Gasteiger partial charge on any atom is -0.373 e. The van der Waals surface area contributed by atoms with Crippen molar-refractivity contribution >= 4 is 5.69 Å². The molecule has 0 spiro atoms. The molecule has 1 aromatic rings. The molecule has 3 nitrogen and oxygen atoms in total. The summed E-state index contributed by atoms with van der Waals surface area (Å²) in [6.07, 6.45) is 0. The highest BCUT2D eigenvalue weighted by atomic mass is 15.1. The van der Waals surface area contributed by atoms with Gasteiger partial charge in [0, 0.05) is 25.3 Å². The minimum atomic E-state index is 0.0399. The van der Waals surface area contributed by atoms with Crippen LogP contribution in [0.25, 0.3) is 0 Å². The van der Waals surface area contributed by atoms with Gasteiger partial charge in [-0.1, -0.05) is 12.1 Å². The van der Waals surface area contributed by atoms with Gasteiger partial charge in [0.1, 0.15) is 0 Å². The molecule has 0 radical (unpaired) electrons. The first-order valence-corrected chi connectivity index (χ1v) is 5.51. The molecule has 1 rings (SSSR count). The average molecular weight is 217 g/mol. The van der Waals surface area contributed by atoms with E-state index in [-0.39, 0.29) is 12.0 Å². The highest BCUT2D eigenvalue weighted by Crippen LogP contribution is 2.17. The van der Waals surface area contributed by atoms with E-state index >= 15 is 0 Å². The summed E-state index contributed by atoms with van der Waals surface area (Å²) in [4.78, 5) is 2.08. The summed E-state index contributed by atoms with van der Waals surface area (Å²) in [5.74, 6) is 0.0399. The largest absolute Gasteiger partial charge is 0.373 e. The summed E-state index contributed by atoms with van der Waals surface area (Å²) < 4.78 is 0. The van der Waals surface area contributed by atoms with E-state index in [9.17, 15) is 0 Å². The molecule has 2 atom stereocenters. The molecule has 0 heterocycles. The lowest BCUT2D eigenvalue weighted by molar-refractivity contribution is 0.716. The summed E-state index contributed by atoms with van der Waals surface area (Å²) >= 11 is 0. The fraction of sp³-hybridized carbons (Fsp3) is 0.462. The van der Waals surface area contributed by atoms with Crippen molar-refractivity contribution in [3.8, 4) is 6.07 Å². The van der Waals surface area contributed by atoms with Gasteiger partial charge in [-0.3, -0.25) is 0 Å². The lowest BCUT2D eigenvalue weighted by atomic mass is 10.1. The van der Waals surface area contributed by atoms with Crippen molar-refractivity contribution in [3.05, 3.63) is 29.8 Å². The van der Waals surface area contributed by atoms with Gasteiger partial charge < -0.3 is 10.6 Å². The van der Waals surface area contributed by atoms with Crippen LogP contribution in [-0.2, 0) is 0 Å². The Kier molecular flexibility index (Phi) is 4.33. The molecule has 0 saturated carbocycles. The summed E-state index contributed by atoms with van der Waals surface area (Å²) in [7, 11) is 1.99. The number of nitrogens with zero attached hydrogens (tertiary/aromatic N) is 2. The fourth-order valence-electron chi connectivity index (χ4n) is 1.59. The molecular weight excluding hydrogens is 198 g/mol. The van der Waals surface area contributed by atoms with Crippen molar-refractivity contribution in [2.45, 2.75) is 19.9 Å². The zero-order valence-corrected chi connectivity index (χ0v) is 10.1. The molecule has 2 unspecified atom stereocenters. The Hall–Kier alpha value is -1.53. The van der Waals surface area contributed by atoms with Crippen molar-refractivity contribution in [2.24, 2.45) is 11.7 Å². The van der Waals surface area contributed by atoms with Gasteiger partial charge in [-0.25, -0.2) is 0 Å². The molecule has 0 fully saturated rings. The van der Waals surface area contributed by atoms with Crippen LogP contribution in [0.5, 0.6) is 0 Å². The first-order valence-electron chi connectivity index (χ1n) is 5.51. The Balaban J connectivity index is 2.71. The van der Waals surface area contributed by atoms with Crippen LogP contribution < -0.4 is 10.6 Å². The molecule has 0 amide bonds. The van der Waals surface area contributed by atoms with Crippen LogP contribution in [0.15, 0.2) is 24.3 Å². The van der Waals surface area contributed by atoms with Crippen LogP contribution in [-0.4, -0.2) is 13.6 Å². The number of hydrogen-bond acceptors (Lipinski definition) is 3. The lowest BCUT2D eigenvalue weighted by Crippen LogP contribution is -2.23. The number of nitriles is 1. The third-order valence-electron chi connectivity index (χ3n) is 2.63. The molecule has 3 heteroatoms. The Morgan fingerprint density at radius 1 is 1.31 bits per heavy atom. The predicted molar refractivity (Wildman–Crippen MR) is 67.1 cm³/mol. The normalized spacial score (nSPS) is 13.9. The van der Waals surface area contributed by atoms with Crippen LogP contribution in [0.4, 0.5) is 5.69 Å². The van der Waals surface area contributed by atoms with Gasteiger partial charge in [0.05, 0.1) is 12.0 Å². The van der Waals surface area contributed by atoms with Crippen molar-refractivity contribution in [3.63, 3.8) is 0 Å². The van der Waals surface area contributed by atoms with Gasteiger partial charge >= 0.3 is 0 Å². The highest BCUT2D eigenvalue weighted by molar-refractivity contribution is 5.47. The zero-order chi connectivity index (χ0) is 12.1. The summed E-state index contributed by atoms with van der Waals surface area (Å²) in [6, 6.07) is 10.5. The van der Waals surface area contributed by atoms with Gasteiger partial charge in [-0.2, -0.15) is 5.26 Å². The quantitative estimate of drug-likeness (QED) is 0.842. The molecule has 0 aliphatic carbocycles. The van der Waals surface area contributed by atoms with E-state index < -0.39 is 0 Å². The molecule has 0 aliphatic heterocycles. The van der Waals surface area contributed by atoms with Crippen molar-refractivity contribution in [1.29, 1.82) is 5.26 Å². The standard InChI is InChI=1S/C13H19N3/c1-10(8-14)9-16(3)13-6-4-12(5-7-13)11(2)15/h4-7,10-11H,9,15H2,1-3H3. The van der Waals surface area contributed by atoms with Crippen molar-refractivity contribution in [1.82, 2.24) is 0 Å². The third kappa shape index (κ3) is 3.25. The van der Waals surface area contributed by atoms with E-state index in [1.165, 1.54) is 0 Å². The zero-order valence-electron chi connectivity index (χ0n) is 10.1. The second kappa shape index (κ2) is 5.53. The van der Waals surface area contributed by atoms with Crippen LogP contribution >= 0.6 is 0 Å². The second-order valence-electron chi connectivity index (χ2n) is 4.29. The van der Waals surface area contributed by atoms with E-state index in [0.29, 0.717) is 0 Å². The van der Waals surface area contributed by atoms with Crippen molar-refractivity contribution in [2.75, 3.05) is 18.5 Å². The summed E-state index contributed by atoms with van der Waals surface area (Å²) in [6.45, 7) is 4.64. The Bertz CT molecular complexity index is 362. The van der Waals surface area contributed by atoms with E-state index in [1.54, 1.807) is 0 Å². The topological polar surface area (TPSA) is 53.0 Å². The maximum atomic E-state index is 8.75. The second-order valence-corrected chi connectivity index (χ2v) is 4.29. The molecule has 0 aromatic heterocycles. The fourth-order valence-corrected chi connectivity index (χ4v) is 1.59. The summed E-state index contributed by atoms with van der Waals surface area (Å²) in [5, 5.41) is 8.75. The molecule has 0 bridgehead atoms. The highest BCUT2D eigenvalue weighted by Gasteiger charge is 2.06. The molecule has 2 N–H and O–H groups in total. The van der Waals surface area contributed by atoms with Crippen LogP contribution in [0.3, 0.4) is 0 Å². The summed E-state index contributed by atoms with van der Waals surface area (Å²) in [5.41, 5.74) is 8.03. The first kappa shape index (κ1) is 12.5. The molecular formula is C13H19N3. The minimum absolute atomic E-state index is 0.0399. The molecule has 0 aliphatic rings. The molecule has 86 valence electrons.